The molecule has 0 aliphatic heterocycles. The van der Waals surface area contributed by atoms with Gasteiger partial charge in [0.05, 0.1) is 29.4 Å². The monoisotopic (exact) mass is 319 g/mol. The fraction of sp³-hybridized carbons (Fsp3) is 0.333. The highest BCUT2D eigenvalue weighted by molar-refractivity contribution is 7.80. The summed E-state index contributed by atoms with van der Waals surface area (Å²) in [5, 5.41) is 20.6. The van der Waals surface area contributed by atoms with Crippen LogP contribution in [-0.4, -0.2) is 26.3 Å². The second-order valence-corrected chi connectivity index (χ2v) is 6.27. The largest absolute Gasteiger partial charge is 0.389 e. The van der Waals surface area contributed by atoms with Crippen LogP contribution in [0.15, 0.2) is 5.38 Å². The molecule has 19 heavy (non-hydrogen) atoms. The molecule has 0 aromatic carbocycles. The Morgan fingerprint density at radius 2 is 2.32 bits per heavy atom. The zero-order chi connectivity index (χ0) is 13.8. The SMILES string of the molecule is CNc1nc(-c2sc(CO)nc2CNS(N)=O)cs1. The summed E-state index contributed by atoms with van der Waals surface area (Å²) in [6.07, 6.45) is 0. The van der Waals surface area contributed by atoms with Gasteiger partial charge in [-0.1, -0.05) is 0 Å². The molecule has 0 spiro atoms. The summed E-state index contributed by atoms with van der Waals surface area (Å²) in [6.45, 7) is 0.133. The third-order valence-corrected chi connectivity index (χ3v) is 4.60. The van der Waals surface area contributed by atoms with E-state index in [1.165, 1.54) is 22.7 Å². The van der Waals surface area contributed by atoms with Crippen LogP contribution in [0.5, 0.6) is 0 Å². The molecule has 10 heteroatoms. The summed E-state index contributed by atoms with van der Waals surface area (Å²) in [5.41, 5.74) is 1.46. The molecular formula is C9H13N5O2S3. The maximum absolute atomic E-state index is 10.9. The van der Waals surface area contributed by atoms with E-state index >= 15 is 0 Å². The van der Waals surface area contributed by atoms with Gasteiger partial charge < -0.3 is 10.4 Å². The molecule has 1 atom stereocenters. The zero-order valence-corrected chi connectivity index (χ0v) is 12.5. The van der Waals surface area contributed by atoms with Crippen molar-refractivity contribution in [1.82, 2.24) is 14.7 Å². The Kier molecular flexibility index (Phi) is 4.96. The van der Waals surface area contributed by atoms with Gasteiger partial charge in [0.25, 0.3) is 0 Å². The molecule has 0 aliphatic carbocycles. The number of nitrogens with one attached hydrogen (secondary N) is 2. The number of thiazole rings is 2. The molecule has 0 bridgehead atoms. The molecular weight excluding hydrogens is 306 g/mol. The van der Waals surface area contributed by atoms with Gasteiger partial charge in [-0.3, -0.25) is 0 Å². The van der Waals surface area contributed by atoms with Gasteiger partial charge in [-0.2, -0.15) is 0 Å². The van der Waals surface area contributed by atoms with Crippen LogP contribution >= 0.6 is 22.7 Å². The van der Waals surface area contributed by atoms with Crippen molar-refractivity contribution >= 4 is 39.0 Å². The van der Waals surface area contributed by atoms with Crippen LogP contribution in [-0.2, 0) is 24.3 Å². The molecule has 2 heterocycles. The van der Waals surface area contributed by atoms with Crippen LogP contribution in [0.3, 0.4) is 0 Å². The third kappa shape index (κ3) is 3.55. The predicted octanol–water partition coefficient (Wildman–Crippen LogP) is 0.428. The van der Waals surface area contributed by atoms with E-state index in [1.807, 2.05) is 5.38 Å². The molecule has 0 radical (unpaired) electrons. The predicted molar refractivity (Wildman–Crippen MR) is 77.9 cm³/mol. The third-order valence-electron chi connectivity index (χ3n) is 2.21. The fourth-order valence-corrected chi connectivity index (χ4v) is 3.34. The Balaban J connectivity index is 2.31. The summed E-state index contributed by atoms with van der Waals surface area (Å²) in [4.78, 5) is 9.52. The van der Waals surface area contributed by atoms with Crippen molar-refractivity contribution in [1.29, 1.82) is 0 Å². The molecule has 0 aliphatic rings. The molecule has 2 rings (SSSR count). The average molecular weight is 319 g/mol. The Labute approximate surface area is 120 Å². The number of aliphatic hydroxyl groups is 1. The summed E-state index contributed by atoms with van der Waals surface area (Å²) in [7, 11) is 1.80. The first-order chi connectivity index (χ1) is 9.13. The highest BCUT2D eigenvalue weighted by Gasteiger charge is 2.15. The molecule has 5 N–H and O–H groups in total. The molecule has 2 aromatic heterocycles. The number of nitrogens with zero attached hydrogens (tertiary/aromatic N) is 2. The quantitative estimate of drug-likeness (QED) is 0.616. The second-order valence-electron chi connectivity index (χ2n) is 3.45. The Morgan fingerprint density at radius 1 is 1.53 bits per heavy atom. The molecule has 1 unspecified atom stereocenters. The molecule has 104 valence electrons. The molecule has 0 amide bonds. The normalized spacial score (nSPS) is 12.6. The maximum atomic E-state index is 10.9. The van der Waals surface area contributed by atoms with Gasteiger partial charge in [0.1, 0.15) is 5.01 Å². The zero-order valence-electron chi connectivity index (χ0n) is 10.0. The van der Waals surface area contributed by atoms with Gasteiger partial charge >= 0.3 is 0 Å². The smallest absolute Gasteiger partial charge is 0.182 e. The number of aromatic nitrogens is 2. The summed E-state index contributed by atoms with van der Waals surface area (Å²) in [5.74, 6) is 0. The van der Waals surface area contributed by atoms with Crippen molar-refractivity contribution < 1.29 is 9.32 Å². The van der Waals surface area contributed by atoms with Gasteiger partial charge in [-0.05, 0) is 0 Å². The topological polar surface area (TPSA) is 113 Å². The molecule has 0 fully saturated rings. The highest BCUT2D eigenvalue weighted by Crippen LogP contribution is 2.32. The van der Waals surface area contributed by atoms with Crippen molar-refractivity contribution in [2.75, 3.05) is 12.4 Å². The lowest BCUT2D eigenvalue weighted by molar-refractivity contribution is 0.281. The van der Waals surface area contributed by atoms with Crippen LogP contribution in [0, 0.1) is 0 Å². The first-order valence-corrected chi connectivity index (χ1v) is 8.17. The minimum absolute atomic E-state index is 0.133. The first kappa shape index (κ1) is 14.5. The van der Waals surface area contributed by atoms with Crippen molar-refractivity contribution in [3.05, 3.63) is 16.1 Å². The number of anilines is 1. The Bertz CT molecular complexity index is 582. The van der Waals surface area contributed by atoms with Gasteiger partial charge in [0, 0.05) is 12.4 Å². The van der Waals surface area contributed by atoms with Crippen LogP contribution in [0.4, 0.5) is 5.13 Å². The second kappa shape index (κ2) is 6.50. The lowest BCUT2D eigenvalue weighted by Crippen LogP contribution is -2.23. The maximum Gasteiger partial charge on any atom is 0.182 e. The van der Waals surface area contributed by atoms with E-state index in [0.29, 0.717) is 10.7 Å². The van der Waals surface area contributed by atoms with E-state index in [1.54, 1.807) is 7.05 Å². The van der Waals surface area contributed by atoms with E-state index < -0.39 is 11.2 Å². The minimum Gasteiger partial charge on any atom is -0.389 e. The number of rotatable bonds is 6. The van der Waals surface area contributed by atoms with Gasteiger partial charge in [-0.15, -0.1) is 22.7 Å². The molecule has 0 saturated carbocycles. The van der Waals surface area contributed by atoms with Gasteiger partial charge in [0.2, 0.25) is 0 Å². The lowest BCUT2D eigenvalue weighted by atomic mass is 10.3. The minimum atomic E-state index is -1.60. The van der Waals surface area contributed by atoms with E-state index in [9.17, 15) is 4.21 Å². The van der Waals surface area contributed by atoms with Crippen molar-refractivity contribution in [2.24, 2.45) is 5.14 Å². The first-order valence-electron chi connectivity index (χ1n) is 5.26. The van der Waals surface area contributed by atoms with Crippen LogP contribution < -0.4 is 15.2 Å². The Morgan fingerprint density at radius 3 is 2.89 bits per heavy atom. The van der Waals surface area contributed by atoms with Crippen molar-refractivity contribution in [3.8, 4) is 10.6 Å². The summed E-state index contributed by atoms with van der Waals surface area (Å²) >= 11 is 1.25. The van der Waals surface area contributed by atoms with Crippen molar-refractivity contribution in [3.63, 3.8) is 0 Å². The molecule has 0 saturated heterocycles. The van der Waals surface area contributed by atoms with Crippen molar-refractivity contribution in [2.45, 2.75) is 13.2 Å². The highest BCUT2D eigenvalue weighted by atomic mass is 32.2. The summed E-state index contributed by atoms with van der Waals surface area (Å²) in [6, 6.07) is 0. The molecule has 2 aromatic rings. The van der Waals surface area contributed by atoms with Crippen LogP contribution in [0.1, 0.15) is 10.7 Å². The van der Waals surface area contributed by atoms with E-state index in [-0.39, 0.29) is 13.2 Å². The lowest BCUT2D eigenvalue weighted by Gasteiger charge is -1.99. The van der Waals surface area contributed by atoms with E-state index in [4.69, 9.17) is 10.2 Å². The number of hydrogen-bond donors (Lipinski definition) is 4. The average Bonchev–Trinajstić information content (AvgIpc) is 3.02. The fourth-order valence-electron chi connectivity index (χ4n) is 1.42. The van der Waals surface area contributed by atoms with E-state index in [2.05, 4.69) is 20.0 Å². The number of hydrogen-bond acceptors (Lipinski definition) is 7. The van der Waals surface area contributed by atoms with Gasteiger partial charge in [0.15, 0.2) is 16.3 Å². The molecule has 7 nitrogen and oxygen atoms in total. The number of aliphatic hydroxyl groups excluding tert-OH is 1. The van der Waals surface area contributed by atoms with Crippen LogP contribution in [0.2, 0.25) is 0 Å². The van der Waals surface area contributed by atoms with E-state index in [0.717, 1.165) is 15.7 Å². The van der Waals surface area contributed by atoms with Gasteiger partial charge in [-0.25, -0.2) is 24.0 Å². The summed E-state index contributed by atoms with van der Waals surface area (Å²) < 4.78 is 13.5. The Hall–Kier alpha value is -0.910. The number of nitrogens with two attached hydrogens (primary N) is 1. The van der Waals surface area contributed by atoms with Crippen LogP contribution in [0.25, 0.3) is 10.6 Å². The standard InChI is InChI=1S/C9H13N5O2S3/c1-11-9-14-6(4-17-9)8-5(2-12-19(10)16)13-7(3-15)18-8/h4,12,15H,2-3,10H2,1H3,(H,11,14).